The first kappa shape index (κ1) is 28.4. The summed E-state index contributed by atoms with van der Waals surface area (Å²) in [5.74, 6) is 0. The first-order valence-electron chi connectivity index (χ1n) is 12.2. The molecule has 1 rings (SSSR count). The van der Waals surface area contributed by atoms with Crippen LogP contribution in [0.1, 0.15) is 102 Å². The van der Waals surface area contributed by atoms with Crippen molar-refractivity contribution in [1.82, 2.24) is 0 Å². The fourth-order valence-corrected chi connectivity index (χ4v) is 4.22. The second-order valence-electron chi connectivity index (χ2n) is 9.03. The largest absolute Gasteiger partial charge is 1.00 e. The first-order chi connectivity index (χ1) is 13.7. The van der Waals surface area contributed by atoms with E-state index in [4.69, 9.17) is 0 Å². The highest BCUT2D eigenvalue weighted by molar-refractivity contribution is 5.13. The van der Waals surface area contributed by atoms with Crippen molar-refractivity contribution in [2.24, 2.45) is 0 Å². The molecule has 0 bridgehead atoms. The molecule has 29 heavy (non-hydrogen) atoms. The lowest BCUT2D eigenvalue weighted by molar-refractivity contribution is -0.923. The predicted molar refractivity (Wildman–Crippen MR) is 123 cm³/mol. The quantitative estimate of drug-likeness (QED) is 0.261. The molecular formula is C26H48ClNO. The Hall–Kier alpha value is -0.570. The van der Waals surface area contributed by atoms with Crippen molar-refractivity contribution >= 4 is 0 Å². The van der Waals surface area contributed by atoms with Gasteiger partial charge < -0.3 is 22.0 Å². The van der Waals surface area contributed by atoms with E-state index in [1.165, 1.54) is 102 Å². The van der Waals surface area contributed by atoms with Gasteiger partial charge in [-0.05, 0) is 12.8 Å². The molecule has 1 aromatic carbocycles. The molecule has 2 nitrogen and oxygen atoms in total. The van der Waals surface area contributed by atoms with Gasteiger partial charge in [0.15, 0.2) is 0 Å². The van der Waals surface area contributed by atoms with Gasteiger partial charge in [-0.15, -0.1) is 0 Å². The van der Waals surface area contributed by atoms with Gasteiger partial charge in [-0.2, -0.15) is 0 Å². The highest BCUT2D eigenvalue weighted by atomic mass is 35.5. The van der Waals surface area contributed by atoms with Crippen molar-refractivity contribution in [3.8, 4) is 0 Å². The maximum atomic E-state index is 9.48. The molecule has 0 saturated carbocycles. The van der Waals surface area contributed by atoms with E-state index in [0.29, 0.717) is 0 Å². The highest BCUT2D eigenvalue weighted by Crippen LogP contribution is 2.16. The molecule has 1 N–H and O–H groups in total. The van der Waals surface area contributed by atoms with Crippen LogP contribution in [-0.2, 0) is 6.54 Å². The zero-order valence-electron chi connectivity index (χ0n) is 19.4. The van der Waals surface area contributed by atoms with E-state index >= 15 is 0 Å². The second-order valence-corrected chi connectivity index (χ2v) is 9.03. The van der Waals surface area contributed by atoms with Crippen LogP contribution in [0.5, 0.6) is 0 Å². The van der Waals surface area contributed by atoms with E-state index in [-0.39, 0.29) is 19.0 Å². The van der Waals surface area contributed by atoms with Gasteiger partial charge in [0, 0.05) is 5.56 Å². The van der Waals surface area contributed by atoms with Crippen LogP contribution in [0.4, 0.5) is 0 Å². The van der Waals surface area contributed by atoms with Crippen LogP contribution >= 0.6 is 0 Å². The lowest BCUT2D eigenvalue weighted by atomic mass is 10.0. The number of aliphatic hydroxyl groups excluding tert-OH is 1. The topological polar surface area (TPSA) is 20.2 Å². The predicted octanol–water partition coefficient (Wildman–Crippen LogP) is 4.11. The number of benzene rings is 1. The van der Waals surface area contributed by atoms with Gasteiger partial charge in [0.25, 0.3) is 0 Å². The number of rotatable bonds is 19. The lowest BCUT2D eigenvalue weighted by Crippen LogP contribution is -3.00. The Kier molecular flexibility index (Phi) is 19.0. The van der Waals surface area contributed by atoms with Crippen molar-refractivity contribution in [2.75, 3.05) is 26.7 Å². The summed E-state index contributed by atoms with van der Waals surface area (Å²) in [4.78, 5) is 0. The summed E-state index contributed by atoms with van der Waals surface area (Å²) < 4.78 is 0.957. The molecule has 1 unspecified atom stereocenters. The average molecular weight is 426 g/mol. The normalized spacial score (nSPS) is 13.1. The van der Waals surface area contributed by atoms with Gasteiger partial charge in [0.05, 0.1) is 20.2 Å². The molecule has 0 heterocycles. The molecular weight excluding hydrogens is 378 g/mol. The SMILES string of the molecule is CCCCCCCCCCCCCCCC[N+](C)(CCO)Cc1ccccc1.[Cl-]. The van der Waals surface area contributed by atoms with Crippen LogP contribution in [0, 0.1) is 0 Å². The summed E-state index contributed by atoms with van der Waals surface area (Å²) in [5, 5.41) is 9.48. The molecule has 0 fully saturated rings. The van der Waals surface area contributed by atoms with E-state index in [2.05, 4.69) is 44.3 Å². The monoisotopic (exact) mass is 425 g/mol. The van der Waals surface area contributed by atoms with E-state index < -0.39 is 0 Å². The van der Waals surface area contributed by atoms with Gasteiger partial charge in [-0.3, -0.25) is 0 Å². The minimum atomic E-state index is 0. The Morgan fingerprint density at radius 1 is 0.655 bits per heavy atom. The van der Waals surface area contributed by atoms with Crippen LogP contribution in [0.3, 0.4) is 0 Å². The highest BCUT2D eigenvalue weighted by Gasteiger charge is 2.20. The zero-order chi connectivity index (χ0) is 20.3. The molecule has 3 heteroatoms. The van der Waals surface area contributed by atoms with Gasteiger partial charge in [0.2, 0.25) is 0 Å². The average Bonchev–Trinajstić information content (AvgIpc) is 2.69. The maximum absolute atomic E-state index is 9.48. The number of hydrogen-bond donors (Lipinski definition) is 1. The number of unbranched alkanes of at least 4 members (excludes halogenated alkanes) is 13. The van der Waals surface area contributed by atoms with E-state index in [0.717, 1.165) is 17.6 Å². The Morgan fingerprint density at radius 3 is 1.55 bits per heavy atom. The number of halogens is 1. The number of quaternary nitrogens is 1. The molecule has 0 aliphatic carbocycles. The van der Waals surface area contributed by atoms with Gasteiger partial charge in [0.1, 0.15) is 13.1 Å². The van der Waals surface area contributed by atoms with Gasteiger partial charge in [-0.25, -0.2) is 0 Å². The van der Waals surface area contributed by atoms with E-state index in [9.17, 15) is 5.11 Å². The fraction of sp³-hybridized carbons (Fsp3) is 0.769. The van der Waals surface area contributed by atoms with Crippen molar-refractivity contribution in [3.05, 3.63) is 35.9 Å². The van der Waals surface area contributed by atoms with Crippen LogP contribution in [0.15, 0.2) is 30.3 Å². The Balaban J connectivity index is 0.00000784. The molecule has 0 saturated heterocycles. The third-order valence-electron chi connectivity index (χ3n) is 6.10. The van der Waals surface area contributed by atoms with Crippen LogP contribution in [0.2, 0.25) is 0 Å². The first-order valence-corrected chi connectivity index (χ1v) is 12.2. The lowest BCUT2D eigenvalue weighted by Gasteiger charge is -2.34. The number of likely N-dealkylation sites (N-methyl/N-ethyl adjacent to an activating group) is 1. The third-order valence-corrected chi connectivity index (χ3v) is 6.10. The number of aliphatic hydroxyl groups is 1. The third kappa shape index (κ3) is 15.9. The molecule has 0 aromatic heterocycles. The van der Waals surface area contributed by atoms with Crippen molar-refractivity contribution in [1.29, 1.82) is 0 Å². The Morgan fingerprint density at radius 2 is 1.10 bits per heavy atom. The Labute approximate surface area is 188 Å². The van der Waals surface area contributed by atoms with Gasteiger partial charge in [-0.1, -0.05) is 114 Å². The number of nitrogens with zero attached hydrogens (tertiary/aromatic N) is 1. The van der Waals surface area contributed by atoms with Crippen LogP contribution in [-0.4, -0.2) is 36.3 Å². The summed E-state index contributed by atoms with van der Waals surface area (Å²) in [5.41, 5.74) is 1.38. The van der Waals surface area contributed by atoms with Crippen molar-refractivity contribution in [2.45, 2.75) is 103 Å². The molecule has 0 aliphatic heterocycles. The van der Waals surface area contributed by atoms with Crippen molar-refractivity contribution in [3.63, 3.8) is 0 Å². The standard InChI is InChI=1S/C26H48NO.ClH/c1-3-4-5-6-7-8-9-10-11-12-13-14-15-19-22-27(2,23-24-28)25-26-20-17-16-18-21-26;/h16-18,20-21,28H,3-15,19,22-25H2,1-2H3;1H/q+1;/p-1. The van der Waals surface area contributed by atoms with Crippen LogP contribution in [0.25, 0.3) is 0 Å². The molecule has 0 spiro atoms. The Bertz CT molecular complexity index is 453. The van der Waals surface area contributed by atoms with Crippen molar-refractivity contribution < 1.29 is 22.0 Å². The zero-order valence-corrected chi connectivity index (χ0v) is 20.1. The smallest absolute Gasteiger partial charge is 0.104 e. The maximum Gasteiger partial charge on any atom is 0.104 e. The molecule has 170 valence electrons. The molecule has 1 atom stereocenters. The summed E-state index contributed by atoms with van der Waals surface area (Å²) in [7, 11) is 2.30. The second kappa shape index (κ2) is 19.4. The minimum absolute atomic E-state index is 0. The summed E-state index contributed by atoms with van der Waals surface area (Å²) in [6.45, 7) is 5.63. The van der Waals surface area contributed by atoms with Gasteiger partial charge >= 0.3 is 0 Å². The number of hydrogen-bond acceptors (Lipinski definition) is 1. The summed E-state index contributed by atoms with van der Waals surface area (Å²) >= 11 is 0. The molecule has 0 radical (unpaired) electrons. The molecule has 1 aromatic rings. The molecule has 0 amide bonds. The fourth-order valence-electron chi connectivity index (χ4n) is 4.22. The molecule has 0 aliphatic rings. The minimum Gasteiger partial charge on any atom is -1.00 e. The summed E-state index contributed by atoms with van der Waals surface area (Å²) in [6.07, 6.45) is 19.7. The summed E-state index contributed by atoms with van der Waals surface area (Å²) in [6, 6.07) is 10.7. The van der Waals surface area contributed by atoms with E-state index in [1.54, 1.807) is 0 Å². The van der Waals surface area contributed by atoms with Crippen LogP contribution < -0.4 is 12.4 Å². The van der Waals surface area contributed by atoms with E-state index in [1.807, 2.05) is 0 Å².